The van der Waals surface area contributed by atoms with E-state index in [9.17, 15) is 5.11 Å². The molecule has 64 valence electrons. The molecule has 1 saturated heterocycles. The SMILES string of the molecule is OC1(CC2CC2)CCCNC1. The van der Waals surface area contributed by atoms with E-state index in [0.717, 1.165) is 38.3 Å². The Bertz CT molecular complexity index is 136. The van der Waals surface area contributed by atoms with Crippen molar-refractivity contribution < 1.29 is 5.11 Å². The smallest absolute Gasteiger partial charge is 0.0774 e. The molecule has 0 aromatic heterocycles. The van der Waals surface area contributed by atoms with E-state index in [-0.39, 0.29) is 5.60 Å². The van der Waals surface area contributed by atoms with Crippen LogP contribution in [0.15, 0.2) is 0 Å². The highest BCUT2D eigenvalue weighted by atomic mass is 16.3. The second-order valence-corrected chi connectivity index (χ2v) is 4.15. The van der Waals surface area contributed by atoms with Crippen molar-refractivity contribution in [3.63, 3.8) is 0 Å². The van der Waals surface area contributed by atoms with Gasteiger partial charge in [-0.25, -0.2) is 0 Å². The lowest BCUT2D eigenvalue weighted by atomic mass is 9.89. The van der Waals surface area contributed by atoms with Gasteiger partial charge in [-0.3, -0.25) is 0 Å². The number of hydrogen-bond donors (Lipinski definition) is 2. The van der Waals surface area contributed by atoms with Crippen molar-refractivity contribution in [2.45, 2.75) is 37.7 Å². The van der Waals surface area contributed by atoms with Gasteiger partial charge in [0.2, 0.25) is 0 Å². The summed E-state index contributed by atoms with van der Waals surface area (Å²) in [5, 5.41) is 13.3. The van der Waals surface area contributed by atoms with E-state index in [1.807, 2.05) is 0 Å². The van der Waals surface area contributed by atoms with Crippen LogP contribution in [0.4, 0.5) is 0 Å². The lowest BCUT2D eigenvalue weighted by Gasteiger charge is -2.32. The van der Waals surface area contributed by atoms with E-state index in [2.05, 4.69) is 5.32 Å². The molecule has 1 aliphatic heterocycles. The van der Waals surface area contributed by atoms with E-state index in [1.54, 1.807) is 0 Å². The Balaban J connectivity index is 1.84. The van der Waals surface area contributed by atoms with Crippen molar-refractivity contribution in [1.29, 1.82) is 0 Å². The maximum atomic E-state index is 10.0. The van der Waals surface area contributed by atoms with Crippen LogP contribution in [0.1, 0.15) is 32.1 Å². The highest BCUT2D eigenvalue weighted by Gasteiger charge is 2.35. The van der Waals surface area contributed by atoms with Crippen molar-refractivity contribution in [1.82, 2.24) is 5.32 Å². The number of nitrogens with one attached hydrogen (secondary N) is 1. The van der Waals surface area contributed by atoms with E-state index < -0.39 is 0 Å². The summed E-state index contributed by atoms with van der Waals surface area (Å²) in [6.45, 7) is 1.91. The molecule has 1 heterocycles. The summed E-state index contributed by atoms with van der Waals surface area (Å²) in [6, 6.07) is 0. The van der Waals surface area contributed by atoms with E-state index in [1.165, 1.54) is 12.8 Å². The molecule has 11 heavy (non-hydrogen) atoms. The topological polar surface area (TPSA) is 32.3 Å². The third kappa shape index (κ3) is 1.94. The fourth-order valence-corrected chi connectivity index (χ4v) is 1.99. The zero-order chi connectivity index (χ0) is 7.73. The molecule has 0 amide bonds. The Hall–Kier alpha value is -0.0800. The quantitative estimate of drug-likeness (QED) is 0.621. The maximum Gasteiger partial charge on any atom is 0.0774 e. The molecule has 0 aromatic rings. The van der Waals surface area contributed by atoms with Gasteiger partial charge in [0.1, 0.15) is 0 Å². The van der Waals surface area contributed by atoms with Gasteiger partial charge >= 0.3 is 0 Å². The normalized spacial score (nSPS) is 39.0. The summed E-state index contributed by atoms with van der Waals surface area (Å²) < 4.78 is 0. The third-order valence-electron chi connectivity index (χ3n) is 2.82. The Labute approximate surface area is 68.0 Å². The summed E-state index contributed by atoms with van der Waals surface area (Å²) in [7, 11) is 0. The summed E-state index contributed by atoms with van der Waals surface area (Å²) in [5.74, 6) is 0.847. The van der Waals surface area contributed by atoms with Crippen LogP contribution in [0.5, 0.6) is 0 Å². The average molecular weight is 155 g/mol. The van der Waals surface area contributed by atoms with Crippen LogP contribution < -0.4 is 5.32 Å². The van der Waals surface area contributed by atoms with Crippen molar-refractivity contribution in [2.24, 2.45) is 5.92 Å². The van der Waals surface area contributed by atoms with Crippen molar-refractivity contribution >= 4 is 0 Å². The van der Waals surface area contributed by atoms with Crippen molar-refractivity contribution in [2.75, 3.05) is 13.1 Å². The summed E-state index contributed by atoms with van der Waals surface area (Å²) >= 11 is 0. The molecule has 2 N–H and O–H groups in total. The Kier molecular flexibility index (Phi) is 1.90. The fourth-order valence-electron chi connectivity index (χ4n) is 1.99. The van der Waals surface area contributed by atoms with E-state index >= 15 is 0 Å². The van der Waals surface area contributed by atoms with Gasteiger partial charge in [-0.05, 0) is 31.7 Å². The molecule has 0 bridgehead atoms. The molecule has 2 heteroatoms. The number of aliphatic hydroxyl groups is 1. The van der Waals surface area contributed by atoms with Crippen LogP contribution in [0, 0.1) is 5.92 Å². The van der Waals surface area contributed by atoms with Crippen LogP contribution in [-0.2, 0) is 0 Å². The van der Waals surface area contributed by atoms with E-state index in [4.69, 9.17) is 0 Å². The largest absolute Gasteiger partial charge is 0.389 e. The van der Waals surface area contributed by atoms with Crippen molar-refractivity contribution in [3.05, 3.63) is 0 Å². The van der Waals surface area contributed by atoms with Gasteiger partial charge < -0.3 is 10.4 Å². The molecule has 2 nitrogen and oxygen atoms in total. The summed E-state index contributed by atoms with van der Waals surface area (Å²) in [4.78, 5) is 0. The summed E-state index contributed by atoms with van der Waals surface area (Å²) in [5.41, 5.74) is -0.348. The molecule has 1 saturated carbocycles. The van der Waals surface area contributed by atoms with Gasteiger partial charge in [-0.1, -0.05) is 12.8 Å². The zero-order valence-electron chi connectivity index (χ0n) is 6.97. The first-order chi connectivity index (χ1) is 5.29. The van der Waals surface area contributed by atoms with Gasteiger partial charge in [-0.15, -0.1) is 0 Å². The van der Waals surface area contributed by atoms with Gasteiger partial charge in [-0.2, -0.15) is 0 Å². The van der Waals surface area contributed by atoms with Gasteiger partial charge in [0.25, 0.3) is 0 Å². The average Bonchev–Trinajstić information content (AvgIpc) is 2.72. The fraction of sp³-hybridized carbons (Fsp3) is 1.00. The zero-order valence-corrected chi connectivity index (χ0v) is 6.97. The predicted molar refractivity (Wildman–Crippen MR) is 44.4 cm³/mol. The Morgan fingerprint density at radius 3 is 2.82 bits per heavy atom. The first-order valence-electron chi connectivity index (χ1n) is 4.72. The predicted octanol–water partition coefficient (Wildman–Crippen LogP) is 0.901. The van der Waals surface area contributed by atoms with Crippen LogP contribution in [0.25, 0.3) is 0 Å². The van der Waals surface area contributed by atoms with Gasteiger partial charge in [0.05, 0.1) is 5.60 Å². The first-order valence-corrected chi connectivity index (χ1v) is 4.72. The van der Waals surface area contributed by atoms with Crippen LogP contribution in [-0.4, -0.2) is 23.8 Å². The lowest BCUT2D eigenvalue weighted by molar-refractivity contribution is 0.00365. The number of piperidine rings is 1. The van der Waals surface area contributed by atoms with Crippen LogP contribution in [0.3, 0.4) is 0 Å². The van der Waals surface area contributed by atoms with Gasteiger partial charge in [0, 0.05) is 6.54 Å². The second kappa shape index (κ2) is 2.76. The third-order valence-corrected chi connectivity index (χ3v) is 2.82. The highest BCUT2D eigenvalue weighted by molar-refractivity contribution is 4.90. The Morgan fingerprint density at radius 1 is 1.45 bits per heavy atom. The van der Waals surface area contributed by atoms with Crippen LogP contribution in [0.2, 0.25) is 0 Å². The monoisotopic (exact) mass is 155 g/mol. The molecule has 0 radical (unpaired) electrons. The molecule has 1 atom stereocenters. The molecule has 0 spiro atoms. The molecule has 2 fully saturated rings. The lowest BCUT2D eigenvalue weighted by Crippen LogP contribution is -2.45. The minimum absolute atomic E-state index is 0.348. The number of rotatable bonds is 2. The number of β-amino-alcohol motifs (C(OH)–C–C–N with tert-alkyl or cyclic N) is 1. The first kappa shape index (κ1) is 7.56. The van der Waals surface area contributed by atoms with Gasteiger partial charge in [0.15, 0.2) is 0 Å². The molecule has 2 aliphatic rings. The molecular weight excluding hydrogens is 138 g/mol. The molecule has 2 rings (SSSR count). The maximum absolute atomic E-state index is 10.0. The Morgan fingerprint density at radius 2 is 2.27 bits per heavy atom. The second-order valence-electron chi connectivity index (χ2n) is 4.15. The minimum Gasteiger partial charge on any atom is -0.389 e. The molecular formula is C9H17NO. The van der Waals surface area contributed by atoms with E-state index in [0.29, 0.717) is 0 Å². The number of hydrogen-bond acceptors (Lipinski definition) is 2. The molecule has 0 aromatic carbocycles. The van der Waals surface area contributed by atoms with Crippen LogP contribution >= 0.6 is 0 Å². The minimum atomic E-state index is -0.348. The summed E-state index contributed by atoms with van der Waals surface area (Å²) in [6.07, 6.45) is 5.89. The standard InChI is InChI=1S/C9H17NO/c11-9(6-8-2-3-8)4-1-5-10-7-9/h8,10-11H,1-7H2. The molecule has 1 unspecified atom stereocenters. The molecule has 1 aliphatic carbocycles. The van der Waals surface area contributed by atoms with Crippen molar-refractivity contribution in [3.8, 4) is 0 Å². The highest BCUT2D eigenvalue weighted by Crippen LogP contribution is 2.38.